The Balaban J connectivity index is 2.74. The van der Waals surface area contributed by atoms with Crippen LogP contribution in [0, 0.1) is 3.57 Å². The number of benzene rings is 1. The highest BCUT2D eigenvalue weighted by atomic mass is 127. The molecule has 15 heavy (non-hydrogen) atoms. The first-order valence-corrected chi connectivity index (χ1v) is 5.54. The van der Waals surface area contributed by atoms with Gasteiger partial charge in [-0.15, -0.1) is 0 Å². The molecule has 1 aromatic rings. The van der Waals surface area contributed by atoms with Gasteiger partial charge in [-0.3, -0.25) is 4.79 Å². The number of phenolic OH excluding ortho intramolecular Hbond substituents is 1. The van der Waals surface area contributed by atoms with Gasteiger partial charge in [-0.2, -0.15) is 0 Å². The maximum absolute atomic E-state index is 11.5. The van der Waals surface area contributed by atoms with Crippen molar-refractivity contribution in [2.75, 3.05) is 6.54 Å². The maximum atomic E-state index is 11.5. The van der Waals surface area contributed by atoms with E-state index in [-0.39, 0.29) is 23.2 Å². The molecule has 0 heterocycles. The van der Waals surface area contributed by atoms with Gasteiger partial charge in [0.25, 0.3) is 5.91 Å². The minimum absolute atomic E-state index is 0.0820. The van der Waals surface area contributed by atoms with Crippen LogP contribution in [0.1, 0.15) is 10.4 Å². The Hall–Kier alpha value is -0.890. The van der Waals surface area contributed by atoms with Crippen molar-refractivity contribution in [3.05, 3.63) is 27.3 Å². The molecule has 0 saturated heterocycles. The molecule has 0 radical (unpaired) electrons. The summed E-state index contributed by atoms with van der Waals surface area (Å²) in [5.41, 5.74) is 5.62. The number of carbonyl (C=O) groups excluding carboxylic acids is 1. The number of nitrogens with one attached hydrogen (secondary N) is 1. The largest absolute Gasteiger partial charge is 0.507 e. The number of halogens is 1. The van der Waals surface area contributed by atoms with Gasteiger partial charge in [0.05, 0.1) is 15.1 Å². The second-order valence-corrected chi connectivity index (χ2v) is 4.50. The molecule has 80 valence electrons. The van der Waals surface area contributed by atoms with Gasteiger partial charge in [0, 0.05) is 5.56 Å². The summed E-state index contributed by atoms with van der Waals surface area (Å²) in [6.07, 6.45) is 0. The summed E-state index contributed by atoms with van der Waals surface area (Å²) in [4.78, 5) is 11.7. The summed E-state index contributed by atoms with van der Waals surface area (Å²) in [6, 6.07) is 4.68. The van der Waals surface area contributed by atoms with E-state index in [9.17, 15) is 9.90 Å². The molecule has 1 amide bonds. The minimum Gasteiger partial charge on any atom is -0.507 e. The van der Waals surface area contributed by atoms with E-state index in [0.29, 0.717) is 9.13 Å². The average Bonchev–Trinajstić information content (AvgIpc) is 2.18. The first-order valence-electron chi connectivity index (χ1n) is 4.05. The van der Waals surface area contributed by atoms with Crippen LogP contribution >= 0.6 is 34.8 Å². The van der Waals surface area contributed by atoms with Crippen LogP contribution in [0.2, 0.25) is 0 Å². The molecule has 0 aromatic heterocycles. The van der Waals surface area contributed by atoms with Crippen molar-refractivity contribution in [3.63, 3.8) is 0 Å². The molecule has 0 fully saturated rings. The SMILES string of the molecule is NC(=S)CNC(=O)c1ccc(I)c(O)c1. The molecule has 4 N–H and O–H groups in total. The van der Waals surface area contributed by atoms with Gasteiger partial charge in [-0.25, -0.2) is 0 Å². The lowest BCUT2D eigenvalue weighted by molar-refractivity contribution is 0.0959. The van der Waals surface area contributed by atoms with E-state index < -0.39 is 0 Å². The first kappa shape index (κ1) is 12.2. The Morgan fingerprint density at radius 3 is 2.80 bits per heavy atom. The first-order chi connectivity index (χ1) is 7.00. The van der Waals surface area contributed by atoms with Crippen LogP contribution in [-0.2, 0) is 0 Å². The fraction of sp³-hybridized carbons (Fsp3) is 0.111. The van der Waals surface area contributed by atoms with E-state index in [1.807, 2.05) is 22.6 Å². The maximum Gasteiger partial charge on any atom is 0.251 e. The van der Waals surface area contributed by atoms with E-state index in [0.717, 1.165) is 0 Å². The van der Waals surface area contributed by atoms with Crippen molar-refractivity contribution in [2.24, 2.45) is 5.73 Å². The lowest BCUT2D eigenvalue weighted by Crippen LogP contribution is -2.32. The number of amides is 1. The average molecular weight is 336 g/mol. The van der Waals surface area contributed by atoms with Crippen molar-refractivity contribution < 1.29 is 9.90 Å². The van der Waals surface area contributed by atoms with Crippen molar-refractivity contribution >= 4 is 45.7 Å². The van der Waals surface area contributed by atoms with Gasteiger partial charge < -0.3 is 16.2 Å². The highest BCUT2D eigenvalue weighted by Crippen LogP contribution is 2.20. The summed E-state index contributed by atoms with van der Waals surface area (Å²) >= 11 is 6.60. The molecule has 0 aliphatic heterocycles. The smallest absolute Gasteiger partial charge is 0.251 e. The molecular weight excluding hydrogens is 327 g/mol. The van der Waals surface area contributed by atoms with Crippen molar-refractivity contribution in [2.45, 2.75) is 0 Å². The van der Waals surface area contributed by atoms with E-state index in [2.05, 4.69) is 17.5 Å². The summed E-state index contributed by atoms with van der Waals surface area (Å²) < 4.78 is 0.693. The number of nitrogens with two attached hydrogens (primary N) is 1. The number of carbonyl (C=O) groups is 1. The molecule has 0 spiro atoms. The molecule has 1 rings (SSSR count). The Morgan fingerprint density at radius 1 is 1.60 bits per heavy atom. The Kier molecular flexibility index (Phi) is 4.28. The molecule has 0 atom stereocenters. The van der Waals surface area contributed by atoms with Crippen LogP contribution in [-0.4, -0.2) is 22.5 Å². The van der Waals surface area contributed by atoms with Gasteiger partial charge in [0.15, 0.2) is 0 Å². The topological polar surface area (TPSA) is 75.3 Å². The predicted octanol–water partition coefficient (Wildman–Crippen LogP) is 1.01. The van der Waals surface area contributed by atoms with Gasteiger partial charge >= 0.3 is 0 Å². The van der Waals surface area contributed by atoms with E-state index in [1.165, 1.54) is 6.07 Å². The molecule has 0 aliphatic carbocycles. The number of hydrogen-bond donors (Lipinski definition) is 3. The number of hydrogen-bond acceptors (Lipinski definition) is 3. The fourth-order valence-electron chi connectivity index (χ4n) is 0.923. The molecular formula is C9H9IN2O2S. The van der Waals surface area contributed by atoms with Crippen molar-refractivity contribution in [1.29, 1.82) is 0 Å². The molecule has 4 nitrogen and oxygen atoms in total. The van der Waals surface area contributed by atoms with Gasteiger partial charge in [-0.05, 0) is 40.8 Å². The minimum atomic E-state index is -0.311. The fourth-order valence-corrected chi connectivity index (χ4v) is 1.33. The molecule has 0 unspecified atom stereocenters. The predicted molar refractivity (Wildman–Crippen MR) is 69.9 cm³/mol. The highest BCUT2D eigenvalue weighted by Gasteiger charge is 2.07. The quantitative estimate of drug-likeness (QED) is 0.569. The van der Waals surface area contributed by atoms with Gasteiger partial charge in [0.2, 0.25) is 0 Å². The van der Waals surface area contributed by atoms with E-state index in [4.69, 9.17) is 5.73 Å². The Morgan fingerprint density at radius 2 is 2.27 bits per heavy atom. The molecule has 1 aromatic carbocycles. The number of aromatic hydroxyl groups is 1. The van der Waals surface area contributed by atoms with E-state index in [1.54, 1.807) is 12.1 Å². The van der Waals surface area contributed by atoms with Crippen LogP contribution in [0.5, 0.6) is 5.75 Å². The Labute approximate surface area is 106 Å². The third kappa shape index (κ3) is 3.63. The van der Waals surface area contributed by atoms with Crippen LogP contribution < -0.4 is 11.1 Å². The number of thiocarbonyl (C=S) groups is 1. The van der Waals surface area contributed by atoms with Crippen LogP contribution in [0.25, 0.3) is 0 Å². The monoisotopic (exact) mass is 336 g/mol. The van der Waals surface area contributed by atoms with Crippen molar-refractivity contribution in [3.8, 4) is 5.75 Å². The summed E-state index contributed by atoms with van der Waals surface area (Å²) in [5, 5.41) is 11.9. The van der Waals surface area contributed by atoms with E-state index >= 15 is 0 Å². The number of phenols is 1. The second kappa shape index (κ2) is 5.26. The lowest BCUT2D eigenvalue weighted by Gasteiger charge is -2.04. The zero-order valence-electron chi connectivity index (χ0n) is 7.66. The zero-order chi connectivity index (χ0) is 11.4. The Bertz CT molecular complexity index is 409. The summed E-state index contributed by atoms with van der Waals surface area (Å²) in [7, 11) is 0. The van der Waals surface area contributed by atoms with Crippen LogP contribution in [0.15, 0.2) is 18.2 Å². The summed E-state index contributed by atoms with van der Waals surface area (Å²) in [5.74, 6) is -0.229. The third-order valence-electron chi connectivity index (χ3n) is 1.63. The second-order valence-electron chi connectivity index (χ2n) is 2.82. The molecule has 0 saturated carbocycles. The molecule has 0 bridgehead atoms. The molecule has 6 heteroatoms. The summed E-state index contributed by atoms with van der Waals surface area (Å²) in [6.45, 7) is 0.154. The zero-order valence-corrected chi connectivity index (χ0v) is 10.6. The van der Waals surface area contributed by atoms with Crippen LogP contribution in [0.4, 0.5) is 0 Å². The normalized spacial score (nSPS) is 9.67. The number of rotatable bonds is 3. The standard InChI is InChI=1S/C9H9IN2O2S/c10-6-2-1-5(3-7(6)13)9(14)12-4-8(11)15/h1-3,13H,4H2,(H2,11,15)(H,12,14). The van der Waals surface area contributed by atoms with Gasteiger partial charge in [0.1, 0.15) is 5.75 Å². The van der Waals surface area contributed by atoms with Crippen LogP contribution in [0.3, 0.4) is 0 Å². The van der Waals surface area contributed by atoms with Gasteiger partial charge in [-0.1, -0.05) is 12.2 Å². The highest BCUT2D eigenvalue weighted by molar-refractivity contribution is 14.1. The lowest BCUT2D eigenvalue weighted by atomic mass is 10.2. The van der Waals surface area contributed by atoms with Crippen molar-refractivity contribution in [1.82, 2.24) is 5.32 Å². The molecule has 0 aliphatic rings. The third-order valence-corrected chi connectivity index (χ3v) is 2.69.